The van der Waals surface area contributed by atoms with Crippen molar-refractivity contribution in [2.75, 3.05) is 0 Å². The third-order valence-electron chi connectivity index (χ3n) is 4.19. The molecule has 1 aliphatic carbocycles. The fourth-order valence-electron chi connectivity index (χ4n) is 2.82. The molecule has 2 atom stereocenters. The summed E-state index contributed by atoms with van der Waals surface area (Å²) in [6.45, 7) is 0.361. The lowest BCUT2D eigenvalue weighted by molar-refractivity contribution is -0.150. The van der Waals surface area contributed by atoms with Crippen LogP contribution in [0.2, 0.25) is 0 Å². The highest BCUT2D eigenvalue weighted by atomic mass is 16.5. The molecule has 0 saturated heterocycles. The number of Topliss-reactive ketones (excluding diaryl/α,β-unsaturated/α-hetero) is 1. The zero-order valence-electron chi connectivity index (χ0n) is 13.4. The van der Waals surface area contributed by atoms with E-state index in [0.29, 0.717) is 25.9 Å². The second-order valence-corrected chi connectivity index (χ2v) is 6.02. The van der Waals surface area contributed by atoms with Crippen molar-refractivity contribution in [1.82, 2.24) is 0 Å². The Morgan fingerprint density at radius 2 is 1.75 bits per heavy atom. The molecule has 0 unspecified atom stereocenters. The molecule has 1 fully saturated rings. The van der Waals surface area contributed by atoms with Crippen molar-refractivity contribution in [3.63, 3.8) is 0 Å². The van der Waals surface area contributed by atoms with Gasteiger partial charge in [0.15, 0.2) is 5.60 Å². The average molecular weight is 320 g/mol. The molecule has 0 radical (unpaired) electrons. The predicted octanol–water partition coefficient (Wildman–Crippen LogP) is 3.11. The first-order valence-corrected chi connectivity index (χ1v) is 8.18. The Morgan fingerprint density at radius 3 is 2.46 bits per heavy atom. The van der Waals surface area contributed by atoms with Gasteiger partial charge in [0, 0.05) is 5.56 Å². The second kappa shape index (κ2) is 7.44. The molecule has 3 rings (SSSR count). The van der Waals surface area contributed by atoms with Crippen molar-refractivity contribution < 1.29 is 14.6 Å². The summed E-state index contributed by atoms with van der Waals surface area (Å²) >= 11 is 0. The van der Waals surface area contributed by atoms with Crippen LogP contribution in [0.15, 0.2) is 60.7 Å². The zero-order valence-corrected chi connectivity index (χ0v) is 13.4. The summed E-state index contributed by atoms with van der Waals surface area (Å²) in [4.78, 5) is 12.6. The first kappa shape index (κ1) is 16.4. The Kier molecular flexibility index (Phi) is 5.10. The monoisotopic (exact) mass is 320 g/mol. The smallest absolute Gasteiger partial charge is 0.205 e. The molecular weight excluding hydrogens is 300 g/mol. The lowest BCUT2D eigenvalue weighted by Crippen LogP contribution is -2.48. The molecule has 0 heterocycles. The van der Waals surface area contributed by atoms with E-state index >= 15 is 0 Å². The SMILES string of the molecule is O=C1[C@H](OCc2ccccc2)CCC[C@]1(O)C#Cc1ccccc1. The van der Waals surface area contributed by atoms with Crippen LogP contribution in [0, 0.1) is 11.8 Å². The van der Waals surface area contributed by atoms with Crippen molar-refractivity contribution in [3.8, 4) is 11.8 Å². The molecule has 1 N–H and O–H groups in total. The van der Waals surface area contributed by atoms with Crippen LogP contribution >= 0.6 is 0 Å². The number of hydrogen-bond acceptors (Lipinski definition) is 3. The van der Waals surface area contributed by atoms with E-state index in [1.165, 1.54) is 0 Å². The van der Waals surface area contributed by atoms with E-state index in [1.807, 2.05) is 60.7 Å². The van der Waals surface area contributed by atoms with E-state index < -0.39 is 11.7 Å². The number of carbonyl (C=O) groups is 1. The largest absolute Gasteiger partial charge is 0.371 e. The molecule has 2 aromatic carbocycles. The maximum atomic E-state index is 12.6. The Bertz CT molecular complexity index is 743. The minimum absolute atomic E-state index is 0.326. The minimum atomic E-state index is -1.62. The quantitative estimate of drug-likeness (QED) is 0.884. The molecule has 3 nitrogen and oxygen atoms in total. The van der Waals surface area contributed by atoms with E-state index in [1.54, 1.807) is 0 Å². The number of aliphatic hydroxyl groups is 1. The van der Waals surface area contributed by atoms with Crippen LogP contribution in [0.25, 0.3) is 0 Å². The van der Waals surface area contributed by atoms with Crippen molar-refractivity contribution in [2.45, 2.75) is 37.6 Å². The van der Waals surface area contributed by atoms with E-state index in [0.717, 1.165) is 11.1 Å². The van der Waals surface area contributed by atoms with E-state index in [2.05, 4.69) is 11.8 Å². The molecule has 0 aliphatic heterocycles. The molecule has 1 saturated carbocycles. The maximum absolute atomic E-state index is 12.6. The fourth-order valence-corrected chi connectivity index (χ4v) is 2.82. The summed E-state index contributed by atoms with van der Waals surface area (Å²) < 4.78 is 5.75. The van der Waals surface area contributed by atoms with Gasteiger partial charge >= 0.3 is 0 Å². The van der Waals surface area contributed by atoms with Crippen molar-refractivity contribution in [1.29, 1.82) is 0 Å². The summed E-state index contributed by atoms with van der Waals surface area (Å²) in [6, 6.07) is 19.1. The van der Waals surface area contributed by atoms with Gasteiger partial charge in [-0.05, 0) is 37.0 Å². The molecule has 24 heavy (non-hydrogen) atoms. The Labute approximate surface area is 142 Å². The number of carbonyl (C=O) groups excluding carboxylic acids is 1. The highest BCUT2D eigenvalue weighted by Gasteiger charge is 2.42. The third kappa shape index (κ3) is 3.91. The highest BCUT2D eigenvalue weighted by molar-refractivity contribution is 5.95. The van der Waals surface area contributed by atoms with Crippen LogP contribution < -0.4 is 0 Å². The highest BCUT2D eigenvalue weighted by Crippen LogP contribution is 2.27. The lowest BCUT2D eigenvalue weighted by atomic mass is 9.82. The molecule has 122 valence electrons. The van der Waals surface area contributed by atoms with Crippen LogP contribution in [0.1, 0.15) is 30.4 Å². The average Bonchev–Trinajstić information content (AvgIpc) is 2.63. The lowest BCUT2D eigenvalue weighted by Gasteiger charge is -2.31. The van der Waals surface area contributed by atoms with Crippen LogP contribution in [0.5, 0.6) is 0 Å². The maximum Gasteiger partial charge on any atom is 0.205 e. The van der Waals surface area contributed by atoms with Crippen LogP contribution in [-0.2, 0) is 16.1 Å². The van der Waals surface area contributed by atoms with Gasteiger partial charge < -0.3 is 9.84 Å². The number of hydrogen-bond donors (Lipinski definition) is 1. The second-order valence-electron chi connectivity index (χ2n) is 6.02. The van der Waals surface area contributed by atoms with E-state index in [-0.39, 0.29) is 5.78 Å². The van der Waals surface area contributed by atoms with Gasteiger partial charge in [-0.15, -0.1) is 0 Å². The van der Waals surface area contributed by atoms with Crippen molar-refractivity contribution in [3.05, 3.63) is 71.8 Å². The molecule has 0 amide bonds. The standard InChI is InChI=1S/C21H20O3/c22-20-19(24-16-18-10-5-2-6-11-18)12-7-14-21(20,23)15-13-17-8-3-1-4-9-17/h1-6,8-11,19,23H,7,12,14,16H2/t19-,21+/m1/s1. The topological polar surface area (TPSA) is 46.5 Å². The molecule has 3 heteroatoms. The summed E-state index contributed by atoms with van der Waals surface area (Å²) in [5.74, 6) is 5.35. The normalized spacial score (nSPS) is 23.4. The summed E-state index contributed by atoms with van der Waals surface area (Å²) in [5.41, 5.74) is 0.177. The van der Waals surface area contributed by atoms with Gasteiger partial charge in [-0.3, -0.25) is 4.79 Å². The summed E-state index contributed by atoms with van der Waals surface area (Å²) in [6.07, 6.45) is 1.09. The van der Waals surface area contributed by atoms with Gasteiger partial charge in [0.2, 0.25) is 5.78 Å². The first-order chi connectivity index (χ1) is 11.7. The number of ether oxygens (including phenoxy) is 1. The summed E-state index contributed by atoms with van der Waals surface area (Å²) in [7, 11) is 0. The molecule has 2 aromatic rings. The van der Waals surface area contributed by atoms with Crippen molar-refractivity contribution in [2.24, 2.45) is 0 Å². The van der Waals surface area contributed by atoms with E-state index in [9.17, 15) is 9.90 Å². The fraction of sp³-hybridized carbons (Fsp3) is 0.286. The number of ketones is 1. The Hall–Kier alpha value is -2.41. The van der Waals surface area contributed by atoms with Gasteiger partial charge in [-0.25, -0.2) is 0 Å². The van der Waals surface area contributed by atoms with Crippen LogP contribution in [0.3, 0.4) is 0 Å². The van der Waals surface area contributed by atoms with Crippen LogP contribution in [0.4, 0.5) is 0 Å². The molecular formula is C21H20O3. The van der Waals surface area contributed by atoms with Gasteiger partial charge in [0.25, 0.3) is 0 Å². The van der Waals surface area contributed by atoms with Gasteiger partial charge in [-0.2, -0.15) is 0 Å². The zero-order chi connectivity index (χ0) is 16.8. The van der Waals surface area contributed by atoms with Gasteiger partial charge in [-0.1, -0.05) is 60.4 Å². The van der Waals surface area contributed by atoms with Crippen molar-refractivity contribution >= 4 is 5.78 Å². The number of benzene rings is 2. The Morgan fingerprint density at radius 1 is 1.08 bits per heavy atom. The molecule has 1 aliphatic rings. The van der Waals surface area contributed by atoms with Crippen LogP contribution in [-0.4, -0.2) is 22.6 Å². The van der Waals surface area contributed by atoms with Gasteiger partial charge in [0.1, 0.15) is 6.10 Å². The minimum Gasteiger partial charge on any atom is -0.371 e. The molecule has 0 spiro atoms. The molecule has 0 bridgehead atoms. The number of rotatable bonds is 3. The first-order valence-electron chi connectivity index (χ1n) is 8.18. The Balaban J connectivity index is 1.69. The molecule has 0 aromatic heterocycles. The van der Waals surface area contributed by atoms with E-state index in [4.69, 9.17) is 4.74 Å². The predicted molar refractivity (Wildman–Crippen MR) is 92.1 cm³/mol. The van der Waals surface area contributed by atoms with Gasteiger partial charge in [0.05, 0.1) is 6.61 Å². The third-order valence-corrected chi connectivity index (χ3v) is 4.19. The summed E-state index contributed by atoms with van der Waals surface area (Å²) in [5, 5.41) is 10.7.